The van der Waals surface area contributed by atoms with Gasteiger partial charge in [-0.3, -0.25) is 4.79 Å². The third kappa shape index (κ3) is 14.6. The molecule has 0 fully saturated rings. The zero-order valence-corrected chi connectivity index (χ0v) is 20.1. The van der Waals surface area contributed by atoms with Gasteiger partial charge in [-0.25, -0.2) is 9.78 Å². The Hall–Kier alpha value is -2.37. The minimum Gasteiger partial charge on any atom is -0.464 e. The molecule has 0 unspecified atom stereocenters. The molecule has 1 atom stereocenters. The molecule has 1 amide bonds. The quantitative estimate of drug-likeness (QED) is 0.122. The van der Waals surface area contributed by atoms with Crippen LogP contribution in [0, 0.1) is 0 Å². The van der Waals surface area contributed by atoms with Gasteiger partial charge in [-0.05, 0) is 19.8 Å². The number of esters is 1. The smallest absolute Gasteiger partial charge is 0.329 e. The van der Waals surface area contributed by atoms with Crippen LogP contribution in [0.1, 0.15) is 96.6 Å². The first-order chi connectivity index (χ1) is 15.7. The van der Waals surface area contributed by atoms with Crippen molar-refractivity contribution in [3.8, 4) is 0 Å². The topological polar surface area (TPSA) is 84.1 Å². The Labute approximate surface area is 194 Å². The van der Waals surface area contributed by atoms with Gasteiger partial charge in [0.1, 0.15) is 6.04 Å². The summed E-state index contributed by atoms with van der Waals surface area (Å²) in [5.41, 5.74) is 0.763. The van der Waals surface area contributed by atoms with Crippen molar-refractivity contribution >= 4 is 11.9 Å². The zero-order chi connectivity index (χ0) is 23.3. The molecule has 1 rings (SSSR count). The van der Waals surface area contributed by atoms with Crippen molar-refractivity contribution in [2.75, 3.05) is 6.61 Å². The van der Waals surface area contributed by atoms with Gasteiger partial charge in [0.15, 0.2) is 0 Å². The lowest BCUT2D eigenvalue weighted by Crippen LogP contribution is -2.42. The maximum absolute atomic E-state index is 12.2. The number of amides is 1. The number of hydrogen-bond acceptors (Lipinski definition) is 4. The van der Waals surface area contributed by atoms with Crippen molar-refractivity contribution in [1.29, 1.82) is 0 Å². The van der Waals surface area contributed by atoms with Gasteiger partial charge in [0, 0.05) is 24.4 Å². The van der Waals surface area contributed by atoms with Gasteiger partial charge >= 0.3 is 5.97 Å². The number of imidazole rings is 1. The summed E-state index contributed by atoms with van der Waals surface area (Å²) in [4.78, 5) is 31.1. The van der Waals surface area contributed by atoms with Crippen LogP contribution in [0.2, 0.25) is 0 Å². The highest BCUT2D eigenvalue weighted by Crippen LogP contribution is 2.12. The number of aromatic amines is 1. The Bertz CT molecular complexity index is 653. The highest BCUT2D eigenvalue weighted by atomic mass is 16.5. The van der Waals surface area contributed by atoms with Crippen LogP contribution in [0.25, 0.3) is 0 Å². The summed E-state index contributed by atoms with van der Waals surface area (Å²) in [6.07, 6.45) is 26.4. The fourth-order valence-corrected chi connectivity index (χ4v) is 3.52. The van der Waals surface area contributed by atoms with Crippen molar-refractivity contribution in [2.24, 2.45) is 0 Å². The van der Waals surface area contributed by atoms with Crippen molar-refractivity contribution in [2.45, 2.75) is 103 Å². The van der Waals surface area contributed by atoms with Crippen LogP contribution in [0.4, 0.5) is 0 Å². The van der Waals surface area contributed by atoms with Crippen molar-refractivity contribution in [3.05, 3.63) is 42.5 Å². The van der Waals surface area contributed by atoms with Gasteiger partial charge in [-0.2, -0.15) is 0 Å². The maximum atomic E-state index is 12.2. The predicted octanol–water partition coefficient (Wildman–Crippen LogP) is 5.81. The van der Waals surface area contributed by atoms with Crippen LogP contribution in [-0.2, 0) is 20.7 Å². The molecule has 0 aliphatic rings. The van der Waals surface area contributed by atoms with Gasteiger partial charge in [0.05, 0.1) is 12.9 Å². The number of carbonyl (C=O) groups excluding carboxylic acids is 2. The van der Waals surface area contributed by atoms with Crippen LogP contribution in [0.3, 0.4) is 0 Å². The lowest BCUT2D eigenvalue weighted by Gasteiger charge is -2.15. The van der Waals surface area contributed by atoms with Crippen molar-refractivity contribution in [1.82, 2.24) is 15.3 Å². The minimum absolute atomic E-state index is 0.270. The van der Waals surface area contributed by atoms with E-state index in [9.17, 15) is 9.59 Å². The molecule has 1 heterocycles. The van der Waals surface area contributed by atoms with Crippen LogP contribution in [0.15, 0.2) is 36.8 Å². The first-order valence-electron chi connectivity index (χ1n) is 12.4. The summed E-state index contributed by atoms with van der Waals surface area (Å²) >= 11 is 0. The fourth-order valence-electron chi connectivity index (χ4n) is 3.52. The van der Waals surface area contributed by atoms with E-state index in [0.29, 0.717) is 6.42 Å². The molecule has 0 bridgehead atoms. The molecule has 6 nitrogen and oxygen atoms in total. The van der Waals surface area contributed by atoms with E-state index in [0.717, 1.165) is 12.1 Å². The van der Waals surface area contributed by atoms with Gasteiger partial charge in [-0.15, -0.1) is 0 Å². The molecule has 0 radical (unpaired) electrons. The van der Waals surface area contributed by atoms with E-state index >= 15 is 0 Å². The summed E-state index contributed by atoms with van der Waals surface area (Å²) < 4.78 is 5.06. The van der Waals surface area contributed by atoms with E-state index in [-0.39, 0.29) is 12.5 Å². The summed E-state index contributed by atoms with van der Waals surface area (Å²) in [6, 6.07) is -0.743. The highest BCUT2D eigenvalue weighted by Gasteiger charge is 2.22. The molecular weight excluding hydrogens is 402 g/mol. The number of nitrogens with zero attached hydrogens (tertiary/aromatic N) is 1. The second kappa shape index (κ2) is 19.3. The second-order valence-electron chi connectivity index (χ2n) is 8.21. The Morgan fingerprint density at radius 3 is 2.25 bits per heavy atom. The molecule has 1 aromatic rings. The number of rotatable bonds is 19. The van der Waals surface area contributed by atoms with E-state index in [1.54, 1.807) is 25.5 Å². The molecule has 0 aliphatic carbocycles. The molecule has 1 aromatic heterocycles. The molecule has 2 N–H and O–H groups in total. The number of allylic oxidation sites excluding steroid dienone is 3. The average Bonchev–Trinajstić information content (AvgIpc) is 3.29. The number of carbonyl (C=O) groups is 2. The van der Waals surface area contributed by atoms with Crippen LogP contribution in [0.5, 0.6) is 0 Å². The molecule has 0 spiro atoms. The molecule has 0 saturated heterocycles. The Kier molecular flexibility index (Phi) is 16.7. The first kappa shape index (κ1) is 27.7. The molecule has 180 valence electrons. The Morgan fingerprint density at radius 1 is 1.00 bits per heavy atom. The molecule has 0 aliphatic heterocycles. The zero-order valence-electron chi connectivity index (χ0n) is 20.1. The predicted molar refractivity (Wildman–Crippen MR) is 130 cm³/mol. The van der Waals surface area contributed by atoms with Gasteiger partial charge in [0.25, 0.3) is 0 Å². The van der Waals surface area contributed by atoms with Crippen molar-refractivity contribution < 1.29 is 14.3 Å². The number of ether oxygens (including phenoxy) is 1. The Balaban J connectivity index is 2.13. The average molecular weight is 446 g/mol. The number of unbranched alkanes of at least 4 members (excludes halogenated alkanes) is 11. The van der Waals surface area contributed by atoms with E-state index in [2.05, 4.69) is 28.3 Å². The highest BCUT2D eigenvalue weighted by molar-refractivity contribution is 5.91. The Morgan fingerprint density at radius 2 is 1.66 bits per heavy atom. The molecule has 0 saturated carbocycles. The van der Waals surface area contributed by atoms with Gasteiger partial charge in [0.2, 0.25) is 5.91 Å². The standard InChI is InChI=1S/C26H43N3O3/c1-3-5-6-7-8-9-10-11-12-13-14-15-16-17-18-19-25(30)29-24(26(31)32-4-2)20-23-21-27-22-28-23/h16-19,21-22,24H,3-15,20H2,1-2H3,(H,27,28)(H,29,30)/t24-/m0/s1. The van der Waals surface area contributed by atoms with Crippen molar-refractivity contribution in [3.63, 3.8) is 0 Å². The van der Waals surface area contributed by atoms with Gasteiger partial charge in [-0.1, -0.05) is 89.4 Å². The third-order valence-electron chi connectivity index (χ3n) is 5.34. The van der Waals surface area contributed by atoms with Crippen LogP contribution >= 0.6 is 0 Å². The summed E-state index contributed by atoms with van der Waals surface area (Å²) in [7, 11) is 0. The lowest BCUT2D eigenvalue weighted by atomic mass is 10.1. The molecular formula is C26H43N3O3. The molecule has 0 aromatic carbocycles. The molecule has 6 heteroatoms. The van der Waals surface area contributed by atoms with Crippen LogP contribution in [-0.4, -0.2) is 34.5 Å². The third-order valence-corrected chi connectivity index (χ3v) is 5.34. The monoisotopic (exact) mass is 445 g/mol. The molecule has 32 heavy (non-hydrogen) atoms. The maximum Gasteiger partial charge on any atom is 0.329 e. The van der Waals surface area contributed by atoms with E-state index < -0.39 is 12.0 Å². The normalized spacial score (nSPS) is 12.4. The second-order valence-corrected chi connectivity index (χ2v) is 8.21. The summed E-state index contributed by atoms with van der Waals surface area (Å²) in [5, 5.41) is 2.71. The van der Waals surface area contributed by atoms with E-state index in [1.165, 1.54) is 76.7 Å². The van der Waals surface area contributed by atoms with Crippen LogP contribution < -0.4 is 5.32 Å². The first-order valence-corrected chi connectivity index (χ1v) is 12.4. The number of H-pyrrole nitrogens is 1. The summed E-state index contributed by atoms with van der Waals surface area (Å²) in [5.74, 6) is -0.766. The SMILES string of the molecule is CCCCCCCCCCCCCC=CC=CC(=O)N[C@@H](Cc1cnc[nH]1)C(=O)OCC. The number of nitrogens with one attached hydrogen (secondary N) is 2. The minimum atomic E-state index is -0.743. The largest absolute Gasteiger partial charge is 0.464 e. The lowest BCUT2D eigenvalue weighted by molar-refractivity contribution is -0.147. The fraction of sp³-hybridized carbons (Fsp3) is 0.654. The number of hydrogen-bond donors (Lipinski definition) is 2. The number of aromatic nitrogens is 2. The van der Waals surface area contributed by atoms with E-state index in [1.807, 2.05) is 6.08 Å². The van der Waals surface area contributed by atoms with Gasteiger partial charge < -0.3 is 15.0 Å². The van der Waals surface area contributed by atoms with E-state index in [4.69, 9.17) is 4.74 Å². The summed E-state index contributed by atoms with van der Waals surface area (Å²) in [6.45, 7) is 4.27.